The maximum Gasteiger partial charge on any atom is 0.147 e. The molecule has 17 heavy (non-hydrogen) atoms. The van der Waals surface area contributed by atoms with Crippen molar-refractivity contribution < 1.29 is 18.3 Å². The van der Waals surface area contributed by atoms with Crippen LogP contribution in [0.15, 0.2) is 24.3 Å². The first kappa shape index (κ1) is 14.0. The molecule has 96 valence electrons. The number of sulfone groups is 1. The Hall–Kier alpha value is -1.07. The molecular formula is C12H18O4S. The highest BCUT2D eigenvalue weighted by atomic mass is 32.2. The van der Waals surface area contributed by atoms with E-state index in [1.807, 2.05) is 0 Å². The fourth-order valence-corrected chi connectivity index (χ4v) is 2.38. The lowest BCUT2D eigenvalue weighted by molar-refractivity contribution is 0.0513. The zero-order chi connectivity index (χ0) is 13.1. The standard InChI is InChI=1S/C12H18O4S/c1-12(13,8-9-17(3,14)15)10-6-4-5-7-11(10)16-2/h4-7,13H,8-9H2,1-3H3. The van der Waals surface area contributed by atoms with Crippen LogP contribution in [0.1, 0.15) is 18.9 Å². The van der Waals surface area contributed by atoms with Crippen molar-refractivity contribution in [2.24, 2.45) is 0 Å². The van der Waals surface area contributed by atoms with Gasteiger partial charge in [0.05, 0.1) is 18.5 Å². The monoisotopic (exact) mass is 258 g/mol. The molecule has 0 saturated heterocycles. The fraction of sp³-hybridized carbons (Fsp3) is 0.500. The molecule has 0 saturated carbocycles. The van der Waals surface area contributed by atoms with Crippen molar-refractivity contribution in [3.05, 3.63) is 29.8 Å². The summed E-state index contributed by atoms with van der Waals surface area (Å²) < 4.78 is 27.4. The molecule has 4 nitrogen and oxygen atoms in total. The van der Waals surface area contributed by atoms with Crippen molar-refractivity contribution >= 4 is 9.84 Å². The summed E-state index contributed by atoms with van der Waals surface area (Å²) in [6.07, 6.45) is 1.30. The Morgan fingerprint density at radius 1 is 1.35 bits per heavy atom. The van der Waals surface area contributed by atoms with Gasteiger partial charge in [0, 0.05) is 11.8 Å². The van der Waals surface area contributed by atoms with Gasteiger partial charge in [-0.2, -0.15) is 0 Å². The number of hydrogen-bond donors (Lipinski definition) is 1. The van der Waals surface area contributed by atoms with Crippen LogP contribution in [-0.4, -0.2) is 32.6 Å². The molecule has 1 aromatic carbocycles. The Kier molecular flexibility index (Phi) is 4.16. The van der Waals surface area contributed by atoms with Crippen molar-refractivity contribution in [3.8, 4) is 5.75 Å². The van der Waals surface area contributed by atoms with Crippen LogP contribution in [0.3, 0.4) is 0 Å². The van der Waals surface area contributed by atoms with Gasteiger partial charge in [-0.1, -0.05) is 18.2 Å². The molecule has 1 atom stereocenters. The molecule has 0 fully saturated rings. The van der Waals surface area contributed by atoms with Crippen LogP contribution in [0.2, 0.25) is 0 Å². The van der Waals surface area contributed by atoms with Crippen molar-refractivity contribution in [2.45, 2.75) is 18.9 Å². The third-order valence-corrected chi connectivity index (χ3v) is 3.59. The summed E-state index contributed by atoms with van der Waals surface area (Å²) in [6, 6.07) is 7.06. The average molecular weight is 258 g/mol. The molecule has 0 aliphatic carbocycles. The first-order valence-electron chi connectivity index (χ1n) is 5.30. The quantitative estimate of drug-likeness (QED) is 0.865. The summed E-state index contributed by atoms with van der Waals surface area (Å²) in [6.45, 7) is 1.59. The van der Waals surface area contributed by atoms with Gasteiger partial charge in [-0.3, -0.25) is 0 Å². The van der Waals surface area contributed by atoms with E-state index < -0.39 is 15.4 Å². The van der Waals surface area contributed by atoms with E-state index in [1.54, 1.807) is 31.2 Å². The normalized spacial score (nSPS) is 15.3. The number of methoxy groups -OCH3 is 1. The molecule has 1 aromatic rings. The molecule has 0 aliphatic rings. The van der Waals surface area contributed by atoms with E-state index >= 15 is 0 Å². The molecule has 0 bridgehead atoms. The second kappa shape index (κ2) is 5.06. The molecule has 5 heteroatoms. The number of para-hydroxylation sites is 1. The third-order valence-electron chi connectivity index (χ3n) is 2.65. The molecule has 1 N–H and O–H groups in total. The predicted molar refractivity (Wildman–Crippen MR) is 66.9 cm³/mol. The van der Waals surface area contributed by atoms with Gasteiger partial charge in [-0.25, -0.2) is 8.42 Å². The molecule has 1 unspecified atom stereocenters. The van der Waals surface area contributed by atoms with Crippen molar-refractivity contribution in [3.63, 3.8) is 0 Å². The number of hydrogen-bond acceptors (Lipinski definition) is 4. The summed E-state index contributed by atoms with van der Waals surface area (Å²) in [5.41, 5.74) is -0.610. The number of aliphatic hydroxyl groups is 1. The van der Waals surface area contributed by atoms with Crippen LogP contribution in [-0.2, 0) is 15.4 Å². The summed E-state index contributed by atoms with van der Waals surface area (Å²) in [4.78, 5) is 0. The maximum absolute atomic E-state index is 11.1. The van der Waals surface area contributed by atoms with Crippen LogP contribution in [0.5, 0.6) is 5.75 Å². The first-order valence-corrected chi connectivity index (χ1v) is 7.36. The highest BCUT2D eigenvalue weighted by molar-refractivity contribution is 7.90. The number of rotatable bonds is 5. The van der Waals surface area contributed by atoms with Crippen molar-refractivity contribution in [1.82, 2.24) is 0 Å². The summed E-state index contributed by atoms with van der Waals surface area (Å²) >= 11 is 0. The third kappa shape index (κ3) is 4.02. The Balaban J connectivity index is 2.96. The second-order valence-corrected chi connectivity index (χ2v) is 6.61. The highest BCUT2D eigenvalue weighted by Gasteiger charge is 2.27. The van der Waals surface area contributed by atoms with Gasteiger partial charge < -0.3 is 9.84 Å². The van der Waals surface area contributed by atoms with Crippen LogP contribution in [0.25, 0.3) is 0 Å². The van der Waals surface area contributed by atoms with E-state index in [-0.39, 0.29) is 12.2 Å². The van der Waals surface area contributed by atoms with Gasteiger partial charge in [-0.05, 0) is 19.4 Å². The molecule has 0 aliphatic heterocycles. The minimum absolute atomic E-state index is 0.0575. The van der Waals surface area contributed by atoms with Crippen molar-refractivity contribution in [2.75, 3.05) is 19.1 Å². The maximum atomic E-state index is 11.1. The molecule has 0 heterocycles. The van der Waals surface area contributed by atoms with E-state index in [0.717, 1.165) is 6.26 Å². The average Bonchev–Trinajstić information content (AvgIpc) is 2.26. The zero-order valence-electron chi connectivity index (χ0n) is 10.3. The lowest BCUT2D eigenvalue weighted by Gasteiger charge is -2.25. The molecule has 1 rings (SSSR count). The largest absolute Gasteiger partial charge is 0.496 e. The predicted octanol–water partition coefficient (Wildman–Crippen LogP) is 1.34. The van der Waals surface area contributed by atoms with E-state index in [1.165, 1.54) is 7.11 Å². The molecule has 0 spiro atoms. The fourth-order valence-electron chi connectivity index (χ4n) is 1.61. The summed E-state index contributed by atoms with van der Waals surface area (Å²) in [5, 5.41) is 10.3. The minimum atomic E-state index is -3.09. The van der Waals surface area contributed by atoms with Gasteiger partial charge in [0.2, 0.25) is 0 Å². The van der Waals surface area contributed by atoms with E-state index in [0.29, 0.717) is 11.3 Å². The van der Waals surface area contributed by atoms with Crippen LogP contribution < -0.4 is 4.74 Å². The Morgan fingerprint density at radius 2 is 1.94 bits per heavy atom. The lowest BCUT2D eigenvalue weighted by atomic mass is 9.92. The van der Waals surface area contributed by atoms with E-state index in [4.69, 9.17) is 4.74 Å². The summed E-state index contributed by atoms with van der Waals surface area (Å²) in [5.74, 6) is 0.504. The van der Waals surface area contributed by atoms with Crippen LogP contribution in [0.4, 0.5) is 0 Å². The molecule has 0 radical (unpaired) electrons. The van der Waals surface area contributed by atoms with E-state index in [2.05, 4.69) is 0 Å². The van der Waals surface area contributed by atoms with Crippen LogP contribution in [0, 0.1) is 0 Å². The van der Waals surface area contributed by atoms with Gasteiger partial charge >= 0.3 is 0 Å². The SMILES string of the molecule is COc1ccccc1C(C)(O)CCS(C)(=O)=O. The Bertz CT molecular complexity index is 477. The van der Waals surface area contributed by atoms with Gasteiger partial charge in [0.15, 0.2) is 0 Å². The van der Waals surface area contributed by atoms with Crippen LogP contribution >= 0.6 is 0 Å². The minimum Gasteiger partial charge on any atom is -0.496 e. The molecule has 0 aromatic heterocycles. The van der Waals surface area contributed by atoms with Gasteiger partial charge in [-0.15, -0.1) is 0 Å². The smallest absolute Gasteiger partial charge is 0.147 e. The number of ether oxygens (including phenoxy) is 1. The highest BCUT2D eigenvalue weighted by Crippen LogP contribution is 2.32. The van der Waals surface area contributed by atoms with Gasteiger partial charge in [0.1, 0.15) is 15.6 Å². The van der Waals surface area contributed by atoms with Gasteiger partial charge in [0.25, 0.3) is 0 Å². The zero-order valence-corrected chi connectivity index (χ0v) is 11.1. The lowest BCUT2D eigenvalue weighted by Crippen LogP contribution is -2.25. The molecule has 0 amide bonds. The van der Waals surface area contributed by atoms with Crippen molar-refractivity contribution in [1.29, 1.82) is 0 Å². The number of benzene rings is 1. The Morgan fingerprint density at radius 3 is 2.47 bits per heavy atom. The molecular weight excluding hydrogens is 240 g/mol. The summed E-state index contributed by atoms with van der Waals surface area (Å²) in [7, 11) is -1.57. The topological polar surface area (TPSA) is 63.6 Å². The Labute approximate surface area is 102 Å². The second-order valence-electron chi connectivity index (χ2n) is 4.35. The van der Waals surface area contributed by atoms with E-state index in [9.17, 15) is 13.5 Å². The first-order chi connectivity index (χ1) is 7.76.